The summed E-state index contributed by atoms with van der Waals surface area (Å²) in [5, 5.41) is 17.5. The molecule has 0 atom stereocenters. The summed E-state index contributed by atoms with van der Waals surface area (Å²) in [4.78, 5) is 17.6. The summed E-state index contributed by atoms with van der Waals surface area (Å²) >= 11 is 3.04. The van der Waals surface area contributed by atoms with Crippen molar-refractivity contribution < 1.29 is 9.90 Å². The van der Waals surface area contributed by atoms with Gasteiger partial charge in [0, 0.05) is 5.38 Å². The Morgan fingerprint density at radius 3 is 2.55 bits per heavy atom. The van der Waals surface area contributed by atoms with Crippen molar-refractivity contribution >= 4 is 28.6 Å². The van der Waals surface area contributed by atoms with E-state index in [4.69, 9.17) is 0 Å². The van der Waals surface area contributed by atoms with Crippen molar-refractivity contribution in [1.82, 2.24) is 10.3 Å². The fourth-order valence-corrected chi connectivity index (χ4v) is 3.01. The van der Waals surface area contributed by atoms with E-state index in [9.17, 15) is 9.90 Å². The number of thiophene rings is 1. The molecule has 0 radical (unpaired) electrons. The maximum atomic E-state index is 12.2. The maximum absolute atomic E-state index is 12.2. The van der Waals surface area contributed by atoms with E-state index in [1.54, 1.807) is 44.4 Å². The molecule has 0 aliphatic rings. The standard InChI is InChI=1S/C14H18N2O2S2/c1-13(2,14(3,4)18)16-11(17)9-8-20-12(15-9)10-6-5-7-19-10/h5-8,18H,1-4H3,(H,16,17). The fourth-order valence-electron chi connectivity index (χ4n) is 1.39. The number of carbonyl (C=O) groups excluding carboxylic acids is 1. The lowest BCUT2D eigenvalue weighted by atomic mass is 9.86. The van der Waals surface area contributed by atoms with Crippen LogP contribution in [0.1, 0.15) is 38.2 Å². The first-order chi connectivity index (χ1) is 9.21. The molecule has 0 aliphatic heterocycles. The molecule has 0 aromatic carbocycles. The number of nitrogens with one attached hydrogen (secondary N) is 1. The molecule has 0 unspecified atom stereocenters. The fraction of sp³-hybridized carbons (Fsp3) is 0.429. The van der Waals surface area contributed by atoms with Crippen LogP contribution in [0.4, 0.5) is 0 Å². The topological polar surface area (TPSA) is 62.2 Å². The predicted octanol–water partition coefficient (Wildman–Crippen LogP) is 3.15. The Morgan fingerprint density at radius 1 is 1.30 bits per heavy atom. The van der Waals surface area contributed by atoms with E-state index in [0.717, 1.165) is 9.88 Å². The number of aromatic nitrogens is 1. The first-order valence-corrected chi connectivity index (χ1v) is 8.01. The van der Waals surface area contributed by atoms with Gasteiger partial charge in [-0.05, 0) is 39.1 Å². The Balaban J connectivity index is 2.15. The van der Waals surface area contributed by atoms with Crippen molar-refractivity contribution in [2.75, 3.05) is 0 Å². The van der Waals surface area contributed by atoms with E-state index in [1.165, 1.54) is 11.3 Å². The minimum atomic E-state index is -1.02. The second-order valence-corrected chi connectivity index (χ2v) is 7.46. The summed E-state index contributed by atoms with van der Waals surface area (Å²) in [6, 6.07) is 3.94. The first kappa shape index (κ1) is 15.2. The summed E-state index contributed by atoms with van der Waals surface area (Å²) < 4.78 is 0. The van der Waals surface area contributed by atoms with E-state index in [-0.39, 0.29) is 5.91 Å². The van der Waals surface area contributed by atoms with E-state index in [2.05, 4.69) is 10.3 Å². The van der Waals surface area contributed by atoms with Crippen molar-refractivity contribution in [3.63, 3.8) is 0 Å². The summed E-state index contributed by atoms with van der Waals surface area (Å²) in [5.74, 6) is -0.267. The molecule has 2 N–H and O–H groups in total. The highest BCUT2D eigenvalue weighted by Gasteiger charge is 2.36. The summed E-state index contributed by atoms with van der Waals surface area (Å²) in [6.45, 7) is 6.92. The van der Waals surface area contributed by atoms with Gasteiger partial charge in [-0.2, -0.15) is 0 Å². The van der Waals surface area contributed by atoms with Gasteiger partial charge in [0.1, 0.15) is 10.7 Å². The number of thiazole rings is 1. The number of carbonyl (C=O) groups is 1. The molecular weight excluding hydrogens is 292 g/mol. The van der Waals surface area contributed by atoms with Crippen LogP contribution in [0.3, 0.4) is 0 Å². The monoisotopic (exact) mass is 310 g/mol. The molecule has 0 saturated carbocycles. The first-order valence-electron chi connectivity index (χ1n) is 6.25. The second-order valence-electron chi connectivity index (χ2n) is 5.65. The van der Waals surface area contributed by atoms with Crippen molar-refractivity contribution in [2.24, 2.45) is 0 Å². The average molecular weight is 310 g/mol. The van der Waals surface area contributed by atoms with Gasteiger partial charge in [0.2, 0.25) is 0 Å². The minimum absolute atomic E-state index is 0.267. The second kappa shape index (κ2) is 5.27. The third-order valence-electron chi connectivity index (χ3n) is 3.42. The molecule has 108 valence electrons. The van der Waals surface area contributed by atoms with E-state index in [0.29, 0.717) is 5.69 Å². The highest BCUT2D eigenvalue weighted by atomic mass is 32.1. The lowest BCUT2D eigenvalue weighted by Gasteiger charge is -2.37. The molecular formula is C14H18N2O2S2. The predicted molar refractivity (Wildman–Crippen MR) is 83.3 cm³/mol. The third kappa shape index (κ3) is 3.08. The Bertz CT molecular complexity index is 595. The van der Waals surface area contributed by atoms with Gasteiger partial charge in [-0.25, -0.2) is 4.98 Å². The molecule has 0 bridgehead atoms. The molecule has 0 spiro atoms. The van der Waals surface area contributed by atoms with Gasteiger partial charge in [0.05, 0.1) is 16.0 Å². The van der Waals surface area contributed by atoms with Gasteiger partial charge in [0.15, 0.2) is 0 Å². The SMILES string of the molecule is CC(C)(O)C(C)(C)NC(=O)c1csc(-c2cccs2)n1. The average Bonchev–Trinajstić information content (AvgIpc) is 2.98. The number of hydrogen-bond acceptors (Lipinski definition) is 5. The van der Waals surface area contributed by atoms with Gasteiger partial charge in [0.25, 0.3) is 5.91 Å². The molecule has 0 aliphatic carbocycles. The zero-order valence-corrected chi connectivity index (χ0v) is 13.6. The lowest BCUT2D eigenvalue weighted by Crippen LogP contribution is -2.57. The van der Waals surface area contributed by atoms with Gasteiger partial charge in [-0.1, -0.05) is 6.07 Å². The zero-order chi connectivity index (χ0) is 15.0. The largest absolute Gasteiger partial charge is 0.388 e. The summed E-state index contributed by atoms with van der Waals surface area (Å²) in [5.41, 5.74) is -1.37. The van der Waals surface area contributed by atoms with Gasteiger partial charge in [-0.15, -0.1) is 22.7 Å². The van der Waals surface area contributed by atoms with Gasteiger partial charge < -0.3 is 10.4 Å². The summed E-state index contributed by atoms with van der Waals surface area (Å²) in [7, 11) is 0. The van der Waals surface area contributed by atoms with Crippen molar-refractivity contribution in [3.8, 4) is 9.88 Å². The van der Waals surface area contributed by atoms with Crippen LogP contribution in [0.25, 0.3) is 9.88 Å². The highest BCUT2D eigenvalue weighted by molar-refractivity contribution is 7.20. The Morgan fingerprint density at radius 2 is 2.00 bits per heavy atom. The van der Waals surface area contributed by atoms with Crippen LogP contribution in [-0.2, 0) is 0 Å². The summed E-state index contributed by atoms with van der Waals surface area (Å²) in [6.07, 6.45) is 0. The molecule has 2 heterocycles. The van der Waals surface area contributed by atoms with Crippen LogP contribution in [0.5, 0.6) is 0 Å². The molecule has 6 heteroatoms. The normalized spacial score (nSPS) is 12.4. The molecule has 2 aromatic rings. The van der Waals surface area contributed by atoms with Crippen LogP contribution in [-0.4, -0.2) is 27.1 Å². The van der Waals surface area contributed by atoms with Crippen LogP contribution in [0.2, 0.25) is 0 Å². The molecule has 0 saturated heterocycles. The Hall–Kier alpha value is -1.24. The van der Waals surface area contributed by atoms with E-state index in [1.807, 2.05) is 17.5 Å². The van der Waals surface area contributed by atoms with E-state index < -0.39 is 11.1 Å². The number of amides is 1. The smallest absolute Gasteiger partial charge is 0.271 e. The van der Waals surface area contributed by atoms with Crippen molar-refractivity contribution in [3.05, 3.63) is 28.6 Å². The molecule has 4 nitrogen and oxygen atoms in total. The third-order valence-corrected chi connectivity index (χ3v) is 5.31. The number of nitrogens with zero attached hydrogens (tertiary/aromatic N) is 1. The van der Waals surface area contributed by atoms with Gasteiger partial charge in [-0.3, -0.25) is 4.79 Å². The van der Waals surface area contributed by atoms with Crippen LogP contribution in [0, 0.1) is 0 Å². The number of hydrogen-bond donors (Lipinski definition) is 2. The number of aliphatic hydroxyl groups is 1. The van der Waals surface area contributed by atoms with Gasteiger partial charge >= 0.3 is 0 Å². The lowest BCUT2D eigenvalue weighted by molar-refractivity contribution is -0.00300. The zero-order valence-electron chi connectivity index (χ0n) is 11.9. The van der Waals surface area contributed by atoms with Crippen molar-refractivity contribution in [2.45, 2.75) is 38.8 Å². The molecule has 2 aromatic heterocycles. The minimum Gasteiger partial charge on any atom is -0.388 e. The molecule has 2 rings (SSSR count). The Labute approximate surface area is 126 Å². The van der Waals surface area contributed by atoms with Crippen LogP contribution >= 0.6 is 22.7 Å². The van der Waals surface area contributed by atoms with Crippen LogP contribution < -0.4 is 5.32 Å². The molecule has 20 heavy (non-hydrogen) atoms. The Kier molecular flexibility index (Phi) is 4.00. The van der Waals surface area contributed by atoms with Crippen molar-refractivity contribution in [1.29, 1.82) is 0 Å². The molecule has 1 amide bonds. The maximum Gasteiger partial charge on any atom is 0.271 e. The van der Waals surface area contributed by atoms with Crippen LogP contribution in [0.15, 0.2) is 22.9 Å². The highest BCUT2D eigenvalue weighted by Crippen LogP contribution is 2.28. The quantitative estimate of drug-likeness (QED) is 0.912. The molecule has 0 fully saturated rings. The number of rotatable bonds is 4. The van der Waals surface area contributed by atoms with E-state index >= 15 is 0 Å².